The van der Waals surface area contributed by atoms with Crippen molar-refractivity contribution in [2.24, 2.45) is 5.73 Å². The number of nitrogens with two attached hydrogens (primary N) is 1. The highest BCUT2D eigenvalue weighted by molar-refractivity contribution is 7.10. The number of primary amides is 1. The molecule has 0 aliphatic heterocycles. The molecule has 0 bridgehead atoms. The van der Waals surface area contributed by atoms with Gasteiger partial charge >= 0.3 is 0 Å². The zero-order valence-corrected chi connectivity index (χ0v) is 7.56. The van der Waals surface area contributed by atoms with E-state index in [1.165, 1.54) is 10.4 Å². The van der Waals surface area contributed by atoms with E-state index < -0.39 is 0 Å². The van der Waals surface area contributed by atoms with Crippen LogP contribution in [0.15, 0.2) is 11.4 Å². The standard InChI is InChI=1S/C9H11NOS/c10-9(11)7-2-1-3-8-6(7)4-5-12-8/h4-5,7H,1-3H2,(H2,10,11). The molecular weight excluding hydrogens is 170 g/mol. The second-order valence-corrected chi connectivity index (χ2v) is 4.15. The number of hydrogen-bond donors (Lipinski definition) is 1. The predicted octanol–water partition coefficient (Wildman–Crippen LogP) is 1.65. The quantitative estimate of drug-likeness (QED) is 0.703. The summed E-state index contributed by atoms with van der Waals surface area (Å²) in [6, 6.07) is 2.04. The first kappa shape index (κ1) is 7.80. The number of aryl methyl sites for hydroxylation is 1. The van der Waals surface area contributed by atoms with Crippen molar-refractivity contribution in [2.45, 2.75) is 25.2 Å². The van der Waals surface area contributed by atoms with Crippen molar-refractivity contribution in [3.63, 3.8) is 0 Å². The largest absolute Gasteiger partial charge is 0.369 e. The van der Waals surface area contributed by atoms with Gasteiger partial charge in [-0.1, -0.05) is 0 Å². The Morgan fingerprint density at radius 1 is 1.67 bits per heavy atom. The molecule has 0 saturated heterocycles. The number of rotatable bonds is 1. The summed E-state index contributed by atoms with van der Waals surface area (Å²) in [5.74, 6) is -0.186. The van der Waals surface area contributed by atoms with Crippen molar-refractivity contribution in [1.29, 1.82) is 0 Å². The lowest BCUT2D eigenvalue weighted by atomic mass is 9.87. The van der Waals surface area contributed by atoms with Crippen molar-refractivity contribution < 1.29 is 4.79 Å². The average Bonchev–Trinajstić information content (AvgIpc) is 2.49. The van der Waals surface area contributed by atoms with Crippen LogP contribution in [0.25, 0.3) is 0 Å². The van der Waals surface area contributed by atoms with E-state index in [4.69, 9.17) is 5.73 Å². The van der Waals surface area contributed by atoms with Gasteiger partial charge in [-0.2, -0.15) is 0 Å². The Bertz CT molecular complexity index is 305. The molecule has 0 aromatic carbocycles. The molecule has 0 fully saturated rings. The summed E-state index contributed by atoms with van der Waals surface area (Å²) in [6.07, 6.45) is 3.15. The maximum Gasteiger partial charge on any atom is 0.225 e. The van der Waals surface area contributed by atoms with Crippen LogP contribution in [0.2, 0.25) is 0 Å². The molecule has 12 heavy (non-hydrogen) atoms. The van der Waals surface area contributed by atoms with E-state index >= 15 is 0 Å². The maximum absolute atomic E-state index is 11.0. The van der Waals surface area contributed by atoms with Crippen LogP contribution in [0, 0.1) is 0 Å². The van der Waals surface area contributed by atoms with Crippen LogP contribution in [-0.2, 0) is 11.2 Å². The fourth-order valence-corrected chi connectivity index (χ4v) is 2.77. The lowest BCUT2D eigenvalue weighted by Crippen LogP contribution is -2.23. The molecule has 2 N–H and O–H groups in total. The van der Waals surface area contributed by atoms with E-state index in [1.54, 1.807) is 11.3 Å². The molecule has 2 nitrogen and oxygen atoms in total. The molecule has 0 saturated carbocycles. The van der Waals surface area contributed by atoms with Crippen molar-refractivity contribution in [1.82, 2.24) is 0 Å². The molecule has 2 rings (SSSR count). The first-order chi connectivity index (χ1) is 5.79. The predicted molar refractivity (Wildman–Crippen MR) is 49.2 cm³/mol. The van der Waals surface area contributed by atoms with E-state index in [9.17, 15) is 4.79 Å². The van der Waals surface area contributed by atoms with Gasteiger partial charge in [0, 0.05) is 4.88 Å². The highest BCUT2D eigenvalue weighted by atomic mass is 32.1. The summed E-state index contributed by atoms with van der Waals surface area (Å²) in [4.78, 5) is 12.4. The second kappa shape index (κ2) is 2.90. The normalized spacial score (nSPS) is 21.8. The highest BCUT2D eigenvalue weighted by Crippen LogP contribution is 2.34. The van der Waals surface area contributed by atoms with Gasteiger partial charge in [0.2, 0.25) is 5.91 Å². The van der Waals surface area contributed by atoms with Gasteiger partial charge in [-0.3, -0.25) is 4.79 Å². The molecule has 1 amide bonds. The number of carbonyl (C=O) groups excluding carboxylic acids is 1. The Balaban J connectivity index is 2.37. The minimum atomic E-state index is -0.172. The van der Waals surface area contributed by atoms with Gasteiger partial charge in [0.05, 0.1) is 5.92 Å². The van der Waals surface area contributed by atoms with Gasteiger partial charge in [0.15, 0.2) is 0 Å². The monoisotopic (exact) mass is 181 g/mol. The topological polar surface area (TPSA) is 43.1 Å². The first-order valence-corrected chi connectivity index (χ1v) is 5.02. The van der Waals surface area contributed by atoms with Crippen LogP contribution in [0.5, 0.6) is 0 Å². The van der Waals surface area contributed by atoms with E-state index in [0.717, 1.165) is 19.3 Å². The van der Waals surface area contributed by atoms with E-state index in [-0.39, 0.29) is 11.8 Å². The van der Waals surface area contributed by atoms with Gasteiger partial charge in [0.1, 0.15) is 0 Å². The molecular formula is C9H11NOS. The van der Waals surface area contributed by atoms with Crippen LogP contribution in [-0.4, -0.2) is 5.91 Å². The third-order valence-electron chi connectivity index (χ3n) is 2.40. The number of amides is 1. The van der Waals surface area contributed by atoms with Gasteiger partial charge in [-0.15, -0.1) is 11.3 Å². The zero-order chi connectivity index (χ0) is 8.55. The first-order valence-electron chi connectivity index (χ1n) is 4.14. The van der Waals surface area contributed by atoms with Crippen LogP contribution >= 0.6 is 11.3 Å². The summed E-state index contributed by atoms with van der Waals surface area (Å²) in [7, 11) is 0. The fourth-order valence-electron chi connectivity index (χ4n) is 1.78. The molecule has 0 spiro atoms. The van der Waals surface area contributed by atoms with Crippen LogP contribution in [0.3, 0.4) is 0 Å². The Labute approximate surface area is 75.4 Å². The average molecular weight is 181 g/mol. The van der Waals surface area contributed by atoms with E-state index in [2.05, 4.69) is 0 Å². The number of thiophene rings is 1. The summed E-state index contributed by atoms with van der Waals surface area (Å²) in [5, 5.41) is 2.05. The smallest absolute Gasteiger partial charge is 0.225 e. The molecule has 1 aromatic heterocycles. The Kier molecular flexibility index (Phi) is 1.89. The van der Waals surface area contributed by atoms with E-state index in [1.807, 2.05) is 11.4 Å². The molecule has 1 aliphatic carbocycles. The van der Waals surface area contributed by atoms with Crippen LogP contribution in [0.1, 0.15) is 29.2 Å². The lowest BCUT2D eigenvalue weighted by Gasteiger charge is -2.18. The van der Waals surface area contributed by atoms with Crippen LogP contribution in [0.4, 0.5) is 0 Å². The summed E-state index contributed by atoms with van der Waals surface area (Å²) < 4.78 is 0. The third-order valence-corrected chi connectivity index (χ3v) is 3.39. The number of hydrogen-bond acceptors (Lipinski definition) is 2. The molecule has 3 heteroatoms. The Hall–Kier alpha value is -0.830. The van der Waals surface area contributed by atoms with Gasteiger partial charge in [-0.25, -0.2) is 0 Å². The van der Waals surface area contributed by atoms with Crippen molar-refractivity contribution in [3.05, 3.63) is 21.9 Å². The van der Waals surface area contributed by atoms with Gasteiger partial charge < -0.3 is 5.73 Å². The third kappa shape index (κ3) is 1.14. The SMILES string of the molecule is NC(=O)C1CCCc2sccc21. The van der Waals surface area contributed by atoms with Crippen LogP contribution < -0.4 is 5.73 Å². The Morgan fingerprint density at radius 3 is 3.25 bits per heavy atom. The fraction of sp³-hybridized carbons (Fsp3) is 0.444. The van der Waals surface area contributed by atoms with Crippen molar-refractivity contribution >= 4 is 17.2 Å². The molecule has 1 aromatic rings. The molecule has 64 valence electrons. The minimum absolute atomic E-state index is 0.0139. The highest BCUT2D eigenvalue weighted by Gasteiger charge is 2.24. The number of carbonyl (C=O) groups is 1. The molecule has 1 heterocycles. The van der Waals surface area contributed by atoms with Crippen molar-refractivity contribution in [3.8, 4) is 0 Å². The lowest BCUT2D eigenvalue weighted by molar-refractivity contribution is -0.119. The second-order valence-electron chi connectivity index (χ2n) is 3.15. The zero-order valence-electron chi connectivity index (χ0n) is 6.75. The summed E-state index contributed by atoms with van der Waals surface area (Å²) >= 11 is 1.74. The molecule has 1 aliphatic rings. The van der Waals surface area contributed by atoms with Gasteiger partial charge in [0.25, 0.3) is 0 Å². The minimum Gasteiger partial charge on any atom is -0.369 e. The molecule has 1 unspecified atom stereocenters. The number of fused-ring (bicyclic) bond motifs is 1. The maximum atomic E-state index is 11.0. The summed E-state index contributed by atoms with van der Waals surface area (Å²) in [6.45, 7) is 0. The van der Waals surface area contributed by atoms with E-state index in [0.29, 0.717) is 0 Å². The molecule has 1 atom stereocenters. The summed E-state index contributed by atoms with van der Waals surface area (Å²) in [5.41, 5.74) is 6.49. The Morgan fingerprint density at radius 2 is 2.50 bits per heavy atom. The van der Waals surface area contributed by atoms with Crippen molar-refractivity contribution in [2.75, 3.05) is 0 Å². The molecule has 0 radical (unpaired) electrons. The van der Waals surface area contributed by atoms with Gasteiger partial charge in [-0.05, 0) is 36.3 Å².